The van der Waals surface area contributed by atoms with E-state index in [4.69, 9.17) is 15.3 Å². The van der Waals surface area contributed by atoms with Crippen LogP contribution in [-0.4, -0.2) is 10.1 Å². The minimum absolute atomic E-state index is 0.221. The number of nitrogens with two attached hydrogens (primary N) is 1. The number of nitrogens with one attached hydrogen (secondary N) is 1. The molecule has 2 rings (SSSR count). The second-order valence-corrected chi connectivity index (χ2v) is 2.04. The monoisotopic (exact) mass is 138 g/mol. The first kappa shape index (κ1) is 5.22. The van der Waals surface area contributed by atoms with E-state index in [2.05, 4.69) is 4.98 Å². The van der Waals surface area contributed by atoms with Crippen molar-refractivity contribution in [2.45, 2.75) is 0 Å². The fraction of sp³-hybridized carbons (Fsp3) is 0. The van der Waals surface area contributed by atoms with E-state index in [1.807, 2.05) is 0 Å². The van der Waals surface area contributed by atoms with Gasteiger partial charge in [-0.05, 0) is 6.07 Å². The molecule has 0 spiro atoms. The molecule has 0 unspecified atom stereocenters. The summed E-state index contributed by atoms with van der Waals surface area (Å²) in [6, 6.07) is 1.70. The highest BCUT2D eigenvalue weighted by Gasteiger charge is 2.09. The Balaban J connectivity index is 2.95. The molecule has 2 heterocycles. The molecule has 52 valence electrons. The van der Waals surface area contributed by atoms with Crippen LogP contribution in [0.3, 0.4) is 0 Å². The van der Waals surface area contributed by atoms with Gasteiger partial charge in [-0.3, -0.25) is 0 Å². The zero-order valence-electron chi connectivity index (χ0n) is 5.09. The lowest BCUT2D eigenvalue weighted by atomic mass is 10.4. The van der Waals surface area contributed by atoms with Gasteiger partial charge in [0.1, 0.15) is 11.2 Å². The van der Waals surface area contributed by atoms with Crippen molar-refractivity contribution in [3.05, 3.63) is 12.3 Å². The summed E-state index contributed by atoms with van der Waals surface area (Å²) in [5, 5.41) is 8.92. The molecular weight excluding hydrogens is 132 g/mol. The molecule has 0 amide bonds. The number of aromatic amines is 1. The summed E-state index contributed by atoms with van der Waals surface area (Å²) < 4.78 is 4.84. The van der Waals surface area contributed by atoms with Crippen molar-refractivity contribution in [2.24, 2.45) is 0 Å². The van der Waals surface area contributed by atoms with E-state index < -0.39 is 0 Å². The van der Waals surface area contributed by atoms with Gasteiger partial charge in [-0.25, -0.2) is 0 Å². The number of anilines is 1. The standard InChI is InChI=1S/C6H6N2O2/c7-4-5-3(1-2-8-5)10-6(4)9/h1-2,8-9H,7H2. The van der Waals surface area contributed by atoms with Gasteiger partial charge in [0.25, 0.3) is 0 Å². The molecule has 0 aliphatic rings. The number of hydrogen-bond donors (Lipinski definition) is 3. The van der Waals surface area contributed by atoms with Gasteiger partial charge in [0.15, 0.2) is 5.58 Å². The Morgan fingerprint density at radius 3 is 3.10 bits per heavy atom. The Morgan fingerprint density at radius 1 is 1.60 bits per heavy atom. The van der Waals surface area contributed by atoms with Gasteiger partial charge in [0, 0.05) is 6.20 Å². The van der Waals surface area contributed by atoms with Gasteiger partial charge in [0.05, 0.1) is 0 Å². The van der Waals surface area contributed by atoms with Gasteiger partial charge < -0.3 is 20.2 Å². The van der Waals surface area contributed by atoms with Crippen LogP contribution >= 0.6 is 0 Å². The van der Waals surface area contributed by atoms with E-state index >= 15 is 0 Å². The summed E-state index contributed by atoms with van der Waals surface area (Å²) in [6.07, 6.45) is 1.70. The highest BCUT2D eigenvalue weighted by Crippen LogP contribution is 2.31. The summed E-state index contributed by atoms with van der Waals surface area (Å²) in [7, 11) is 0. The van der Waals surface area contributed by atoms with E-state index in [1.54, 1.807) is 12.3 Å². The Labute approximate surface area is 56.3 Å². The lowest BCUT2D eigenvalue weighted by molar-refractivity contribution is 0.349. The molecule has 0 atom stereocenters. The Bertz CT molecular complexity index is 361. The molecule has 0 saturated heterocycles. The number of hydrogen-bond acceptors (Lipinski definition) is 3. The zero-order chi connectivity index (χ0) is 7.14. The van der Waals surface area contributed by atoms with Crippen molar-refractivity contribution in [1.82, 2.24) is 4.98 Å². The molecular formula is C6H6N2O2. The third-order valence-corrected chi connectivity index (χ3v) is 1.42. The van der Waals surface area contributed by atoms with Crippen LogP contribution in [0.5, 0.6) is 5.95 Å². The third-order valence-electron chi connectivity index (χ3n) is 1.42. The third kappa shape index (κ3) is 0.452. The smallest absolute Gasteiger partial charge is 0.308 e. The average Bonchev–Trinajstić information content (AvgIpc) is 2.41. The van der Waals surface area contributed by atoms with Gasteiger partial charge in [0.2, 0.25) is 0 Å². The van der Waals surface area contributed by atoms with Crippen molar-refractivity contribution in [3.8, 4) is 5.95 Å². The molecule has 0 bridgehead atoms. The SMILES string of the molecule is Nc1c(O)oc2cc[nH]c12. The summed E-state index contributed by atoms with van der Waals surface area (Å²) in [4.78, 5) is 2.83. The first-order valence-corrected chi connectivity index (χ1v) is 2.83. The quantitative estimate of drug-likeness (QED) is 0.509. The first-order valence-electron chi connectivity index (χ1n) is 2.83. The van der Waals surface area contributed by atoms with Crippen molar-refractivity contribution in [3.63, 3.8) is 0 Å². The Hall–Kier alpha value is -1.58. The fourth-order valence-corrected chi connectivity index (χ4v) is 0.917. The molecule has 4 heteroatoms. The van der Waals surface area contributed by atoms with E-state index in [1.165, 1.54) is 0 Å². The van der Waals surface area contributed by atoms with Crippen LogP contribution in [0.2, 0.25) is 0 Å². The van der Waals surface area contributed by atoms with E-state index in [9.17, 15) is 0 Å². The second-order valence-electron chi connectivity index (χ2n) is 2.04. The molecule has 2 aromatic rings. The molecule has 0 radical (unpaired) electrons. The van der Waals surface area contributed by atoms with Crippen LogP contribution in [0.4, 0.5) is 5.69 Å². The highest BCUT2D eigenvalue weighted by molar-refractivity contribution is 5.89. The first-order chi connectivity index (χ1) is 4.79. The largest absolute Gasteiger partial charge is 0.479 e. The molecule has 0 saturated carbocycles. The van der Waals surface area contributed by atoms with Crippen LogP contribution in [0.25, 0.3) is 11.1 Å². The van der Waals surface area contributed by atoms with Crippen LogP contribution < -0.4 is 5.73 Å². The predicted molar refractivity (Wildman–Crippen MR) is 36.6 cm³/mol. The fourth-order valence-electron chi connectivity index (χ4n) is 0.917. The normalized spacial score (nSPS) is 10.8. The molecule has 4 nitrogen and oxygen atoms in total. The maximum absolute atomic E-state index is 8.92. The van der Waals surface area contributed by atoms with Crippen LogP contribution in [0.15, 0.2) is 16.7 Å². The highest BCUT2D eigenvalue weighted by atomic mass is 16.5. The number of rotatable bonds is 0. The summed E-state index contributed by atoms with van der Waals surface area (Å²) in [5.41, 5.74) is 6.90. The minimum atomic E-state index is -0.221. The number of furan rings is 1. The van der Waals surface area contributed by atoms with E-state index in [0.717, 1.165) is 0 Å². The van der Waals surface area contributed by atoms with Gasteiger partial charge in [-0.1, -0.05) is 0 Å². The maximum atomic E-state index is 8.92. The number of aromatic nitrogens is 1. The molecule has 10 heavy (non-hydrogen) atoms. The molecule has 2 aromatic heterocycles. The molecule has 0 aromatic carbocycles. The predicted octanol–water partition coefficient (Wildman–Crippen LogP) is 1.05. The number of nitrogen functional groups attached to an aromatic ring is 1. The Kier molecular flexibility index (Phi) is 0.768. The van der Waals surface area contributed by atoms with Crippen LogP contribution in [0, 0.1) is 0 Å². The number of H-pyrrole nitrogens is 1. The zero-order valence-corrected chi connectivity index (χ0v) is 5.09. The second kappa shape index (κ2) is 1.47. The Morgan fingerprint density at radius 2 is 2.40 bits per heavy atom. The van der Waals surface area contributed by atoms with Crippen LogP contribution in [0.1, 0.15) is 0 Å². The number of aromatic hydroxyl groups is 1. The lowest BCUT2D eigenvalue weighted by Gasteiger charge is -1.82. The molecule has 0 aliphatic heterocycles. The molecule has 0 fully saturated rings. The van der Waals surface area contributed by atoms with Crippen molar-refractivity contribution < 1.29 is 9.52 Å². The summed E-state index contributed by atoms with van der Waals surface area (Å²) in [5.74, 6) is -0.221. The minimum Gasteiger partial charge on any atom is -0.479 e. The molecule has 0 aliphatic carbocycles. The topological polar surface area (TPSA) is 75.2 Å². The van der Waals surface area contributed by atoms with Gasteiger partial charge >= 0.3 is 5.95 Å². The van der Waals surface area contributed by atoms with Crippen molar-refractivity contribution >= 4 is 16.8 Å². The van der Waals surface area contributed by atoms with E-state index in [-0.39, 0.29) is 11.6 Å². The van der Waals surface area contributed by atoms with Gasteiger partial charge in [-0.2, -0.15) is 0 Å². The van der Waals surface area contributed by atoms with Crippen molar-refractivity contribution in [1.29, 1.82) is 0 Å². The van der Waals surface area contributed by atoms with Crippen molar-refractivity contribution in [2.75, 3.05) is 5.73 Å². The van der Waals surface area contributed by atoms with Gasteiger partial charge in [-0.15, -0.1) is 0 Å². The number of fused-ring (bicyclic) bond motifs is 1. The maximum Gasteiger partial charge on any atom is 0.308 e. The van der Waals surface area contributed by atoms with Crippen LogP contribution in [-0.2, 0) is 0 Å². The average molecular weight is 138 g/mol. The molecule has 4 N–H and O–H groups in total. The van der Waals surface area contributed by atoms with E-state index in [0.29, 0.717) is 11.1 Å². The summed E-state index contributed by atoms with van der Waals surface area (Å²) in [6.45, 7) is 0. The lowest BCUT2D eigenvalue weighted by Crippen LogP contribution is -1.80. The summed E-state index contributed by atoms with van der Waals surface area (Å²) >= 11 is 0.